The van der Waals surface area contributed by atoms with Gasteiger partial charge in [-0.15, -0.1) is 0 Å². The molecule has 0 aliphatic carbocycles. The van der Waals surface area contributed by atoms with Crippen molar-refractivity contribution in [1.82, 2.24) is 9.97 Å². The summed E-state index contributed by atoms with van der Waals surface area (Å²) < 4.78 is 11.0. The van der Waals surface area contributed by atoms with Crippen molar-refractivity contribution in [3.05, 3.63) is 82.0 Å². The summed E-state index contributed by atoms with van der Waals surface area (Å²) in [5, 5.41) is 20.0. The molecule has 0 radical (unpaired) electrons. The maximum absolute atomic E-state index is 10.00. The first-order chi connectivity index (χ1) is 17.4. The van der Waals surface area contributed by atoms with Crippen molar-refractivity contribution in [3.63, 3.8) is 0 Å². The van der Waals surface area contributed by atoms with E-state index in [1.54, 1.807) is 36.6 Å². The molecule has 2 aromatic heterocycles. The highest BCUT2D eigenvalue weighted by Crippen LogP contribution is 2.42. The first-order valence-corrected chi connectivity index (χ1v) is 12.1. The van der Waals surface area contributed by atoms with Crippen molar-refractivity contribution in [3.8, 4) is 34.4 Å². The Morgan fingerprint density at radius 3 is 2.64 bits per heavy atom. The lowest BCUT2D eigenvalue weighted by Gasteiger charge is -2.13. The Morgan fingerprint density at radius 1 is 1.22 bits per heavy atom. The van der Waals surface area contributed by atoms with E-state index in [1.807, 2.05) is 19.1 Å². The number of aliphatic hydroxyl groups excluding tert-OH is 1. The lowest BCUT2D eigenvalue weighted by atomic mass is 10.00. The quantitative estimate of drug-likeness (QED) is 0.214. The van der Waals surface area contributed by atoms with E-state index in [0.717, 1.165) is 11.1 Å². The highest BCUT2D eigenvalue weighted by atomic mass is 35.5. The van der Waals surface area contributed by atoms with Gasteiger partial charge < -0.3 is 20.0 Å². The first-order valence-electron chi connectivity index (χ1n) is 10.7. The van der Waals surface area contributed by atoms with Gasteiger partial charge in [-0.05, 0) is 48.4 Å². The van der Waals surface area contributed by atoms with Crippen LogP contribution in [0.5, 0.6) is 5.75 Å². The van der Waals surface area contributed by atoms with Gasteiger partial charge in [0.05, 0.1) is 24.4 Å². The number of nitrogens with two attached hydrogens (primary N) is 1. The molecule has 4 rings (SSSR count). The second kappa shape index (κ2) is 11.1. The molecule has 2 aromatic carbocycles. The van der Waals surface area contributed by atoms with E-state index in [0.29, 0.717) is 44.3 Å². The SMILES string of the molecule is [C-]#[N+]c1c(N)nc(SCc2coc(-c3ccc(Cl)c(C)c3)n2)c(C#N)c1-c1ccc(OCCO)cc1. The Morgan fingerprint density at radius 2 is 1.97 bits per heavy atom. The minimum absolute atomic E-state index is 0.0413. The van der Waals surface area contributed by atoms with E-state index in [1.165, 1.54) is 11.8 Å². The normalized spacial score (nSPS) is 10.6. The third-order valence-corrected chi connectivity index (χ3v) is 6.64. The van der Waals surface area contributed by atoms with Crippen molar-refractivity contribution in [2.75, 3.05) is 18.9 Å². The number of hydrogen-bond acceptors (Lipinski definition) is 8. The van der Waals surface area contributed by atoms with Gasteiger partial charge in [0.2, 0.25) is 11.6 Å². The third kappa shape index (κ3) is 5.29. The summed E-state index contributed by atoms with van der Waals surface area (Å²) in [6.07, 6.45) is 1.56. The van der Waals surface area contributed by atoms with Crippen LogP contribution in [0.3, 0.4) is 0 Å². The summed E-state index contributed by atoms with van der Waals surface area (Å²) in [7, 11) is 0. The van der Waals surface area contributed by atoms with Crippen molar-refractivity contribution in [1.29, 1.82) is 5.26 Å². The summed E-state index contributed by atoms with van der Waals surface area (Å²) in [5.41, 5.74) is 9.91. The number of anilines is 1. The van der Waals surface area contributed by atoms with E-state index in [-0.39, 0.29) is 30.3 Å². The van der Waals surface area contributed by atoms with E-state index in [9.17, 15) is 5.26 Å². The number of nitrogen functional groups attached to an aromatic ring is 1. The molecule has 0 bridgehead atoms. The van der Waals surface area contributed by atoms with Crippen LogP contribution in [0.1, 0.15) is 16.8 Å². The Kier molecular flexibility index (Phi) is 7.77. The average molecular weight is 518 g/mol. The van der Waals surface area contributed by atoms with Crippen LogP contribution in [0.4, 0.5) is 11.5 Å². The van der Waals surface area contributed by atoms with Gasteiger partial charge in [0.15, 0.2) is 0 Å². The van der Waals surface area contributed by atoms with Gasteiger partial charge in [-0.3, -0.25) is 0 Å². The molecule has 2 heterocycles. The monoisotopic (exact) mass is 517 g/mol. The number of benzene rings is 2. The van der Waals surface area contributed by atoms with Crippen molar-refractivity contribution < 1.29 is 14.3 Å². The number of oxazole rings is 1. The summed E-state index contributed by atoms with van der Waals surface area (Å²) in [5.74, 6) is 1.44. The molecule has 0 aliphatic heterocycles. The minimum atomic E-state index is -0.101. The van der Waals surface area contributed by atoms with E-state index < -0.39 is 0 Å². The molecule has 0 spiro atoms. The molecule has 0 saturated carbocycles. The second-order valence-corrected chi connectivity index (χ2v) is 8.99. The lowest BCUT2D eigenvalue weighted by molar-refractivity contribution is 0.201. The maximum Gasteiger partial charge on any atom is 0.236 e. The third-order valence-electron chi connectivity index (χ3n) is 5.21. The second-order valence-electron chi connectivity index (χ2n) is 7.62. The van der Waals surface area contributed by atoms with E-state index >= 15 is 0 Å². The first kappa shape index (κ1) is 25.1. The zero-order valence-corrected chi connectivity index (χ0v) is 20.7. The number of rotatable bonds is 8. The van der Waals surface area contributed by atoms with Crippen LogP contribution >= 0.6 is 23.4 Å². The standard InChI is InChI=1S/C26H20ClN5O3S/c1-15-11-17(5-8-21(15)27)25-31-18(13-35-25)14-36-26-20(12-28)22(23(30-2)24(29)32-26)16-3-6-19(7-4-16)34-10-9-33/h3-8,11,13,33H,9-10,14H2,1H3,(H2,29,32). The Hall–Kier alpha value is -4.02. The highest BCUT2D eigenvalue weighted by molar-refractivity contribution is 7.98. The number of thioether (sulfide) groups is 1. The molecule has 0 saturated heterocycles. The number of aryl methyl sites for hydroxylation is 1. The van der Waals surface area contributed by atoms with Crippen LogP contribution in [0.15, 0.2) is 58.2 Å². The van der Waals surface area contributed by atoms with Gasteiger partial charge in [-0.2, -0.15) is 5.26 Å². The number of aliphatic hydroxyl groups is 1. The largest absolute Gasteiger partial charge is 0.491 e. The van der Waals surface area contributed by atoms with Crippen LogP contribution in [-0.4, -0.2) is 28.3 Å². The fourth-order valence-corrected chi connectivity index (χ4v) is 4.47. The lowest BCUT2D eigenvalue weighted by Crippen LogP contribution is -2.02. The van der Waals surface area contributed by atoms with E-state index in [2.05, 4.69) is 20.9 Å². The zero-order chi connectivity index (χ0) is 25.7. The molecule has 0 amide bonds. The number of pyridine rings is 1. The van der Waals surface area contributed by atoms with Gasteiger partial charge in [0.1, 0.15) is 35.5 Å². The van der Waals surface area contributed by atoms with Crippen LogP contribution in [-0.2, 0) is 5.75 Å². The molecule has 3 N–H and O–H groups in total. The summed E-state index contributed by atoms with van der Waals surface area (Å²) in [6, 6.07) is 14.6. The Balaban J connectivity index is 1.63. The number of hydrogen-bond donors (Lipinski definition) is 2. The molecule has 4 aromatic rings. The Labute approximate surface area is 217 Å². The predicted octanol–water partition coefficient (Wildman–Crippen LogP) is 6.03. The number of ether oxygens (including phenoxy) is 1. The number of halogens is 1. The number of aromatic nitrogens is 2. The average Bonchev–Trinajstić information content (AvgIpc) is 3.37. The molecule has 36 heavy (non-hydrogen) atoms. The molecule has 0 unspecified atom stereocenters. The fourth-order valence-electron chi connectivity index (χ4n) is 3.48. The van der Waals surface area contributed by atoms with Gasteiger partial charge in [0, 0.05) is 21.9 Å². The van der Waals surface area contributed by atoms with Crippen molar-refractivity contribution >= 4 is 34.9 Å². The smallest absolute Gasteiger partial charge is 0.236 e. The Bertz CT molecular complexity index is 1490. The fraction of sp³-hybridized carbons (Fsp3) is 0.154. The van der Waals surface area contributed by atoms with Crippen LogP contribution in [0.25, 0.3) is 27.4 Å². The molecule has 0 aliphatic rings. The molecular formula is C26H20ClN5O3S. The van der Waals surface area contributed by atoms with Gasteiger partial charge >= 0.3 is 0 Å². The predicted molar refractivity (Wildman–Crippen MR) is 139 cm³/mol. The number of nitriles is 1. The molecule has 10 heteroatoms. The topological polar surface area (TPSA) is 123 Å². The van der Waals surface area contributed by atoms with Gasteiger partial charge in [-0.25, -0.2) is 14.8 Å². The summed E-state index contributed by atoms with van der Waals surface area (Å²) in [6.45, 7) is 9.58. The summed E-state index contributed by atoms with van der Waals surface area (Å²) in [4.78, 5) is 12.4. The van der Waals surface area contributed by atoms with Crippen molar-refractivity contribution in [2.45, 2.75) is 17.7 Å². The highest BCUT2D eigenvalue weighted by Gasteiger charge is 2.21. The summed E-state index contributed by atoms with van der Waals surface area (Å²) >= 11 is 7.39. The van der Waals surface area contributed by atoms with Gasteiger partial charge in [0.25, 0.3) is 0 Å². The number of nitrogens with zero attached hydrogens (tertiary/aromatic N) is 4. The zero-order valence-electron chi connectivity index (χ0n) is 19.2. The van der Waals surface area contributed by atoms with Crippen LogP contribution in [0, 0.1) is 24.8 Å². The molecule has 180 valence electrons. The molecular weight excluding hydrogens is 498 g/mol. The van der Waals surface area contributed by atoms with Crippen molar-refractivity contribution in [2.24, 2.45) is 0 Å². The molecule has 0 fully saturated rings. The van der Waals surface area contributed by atoms with Gasteiger partial charge in [-0.1, -0.05) is 35.5 Å². The molecule has 0 atom stereocenters. The molecule has 8 nitrogen and oxygen atoms in total. The minimum Gasteiger partial charge on any atom is -0.491 e. The van der Waals surface area contributed by atoms with Crippen LogP contribution in [0.2, 0.25) is 5.02 Å². The van der Waals surface area contributed by atoms with E-state index in [4.69, 9.17) is 38.2 Å². The maximum atomic E-state index is 10.00. The van der Waals surface area contributed by atoms with Crippen LogP contribution < -0.4 is 10.5 Å².